The average molecular weight is 190 g/mol. The van der Waals surface area contributed by atoms with Crippen molar-refractivity contribution in [3.05, 3.63) is 57.2 Å². The molecule has 2 aromatic rings. The van der Waals surface area contributed by atoms with E-state index in [0.717, 1.165) is 6.07 Å². The van der Waals surface area contributed by atoms with Gasteiger partial charge in [-0.25, -0.2) is 18.7 Å². The Morgan fingerprint density at radius 1 is 0.929 bits per heavy atom. The monoisotopic (exact) mass is 190 g/mol. The van der Waals surface area contributed by atoms with Gasteiger partial charge in [0.25, 0.3) is 0 Å². The first-order valence-electron chi connectivity index (χ1n) is 3.97. The molecule has 1 heterocycles. The van der Waals surface area contributed by atoms with Crippen LogP contribution in [-0.2, 0) is 0 Å². The minimum absolute atomic E-state index is 0.210. The summed E-state index contributed by atoms with van der Waals surface area (Å²) in [6.45, 7) is 0. The first-order valence-corrected chi connectivity index (χ1v) is 3.97. The zero-order valence-corrected chi connectivity index (χ0v) is 7.10. The molecule has 70 valence electrons. The number of benzene rings is 1. The van der Waals surface area contributed by atoms with E-state index in [9.17, 15) is 9.59 Å². The molecule has 0 spiro atoms. The van der Waals surface area contributed by atoms with Gasteiger partial charge >= 0.3 is 11.3 Å². The van der Waals surface area contributed by atoms with E-state index < -0.39 is 11.3 Å². The Balaban J connectivity index is 2.69. The second-order valence-electron chi connectivity index (χ2n) is 2.70. The molecule has 0 unspecified atom stereocenters. The molecule has 0 aliphatic heterocycles. The number of hydrogen-bond donors (Lipinski definition) is 0. The van der Waals surface area contributed by atoms with Crippen LogP contribution in [0.3, 0.4) is 0 Å². The van der Waals surface area contributed by atoms with Crippen molar-refractivity contribution >= 4 is 0 Å². The minimum atomic E-state index is -0.677. The standard InChI is InChI=1S/C10H6O4/c11-9-6-8(10(12)14-13-9)7-4-2-1-3-5-7/h1-6H. The maximum absolute atomic E-state index is 11.2. The molecule has 0 N–H and O–H groups in total. The molecule has 0 radical (unpaired) electrons. The van der Waals surface area contributed by atoms with E-state index in [-0.39, 0.29) is 5.56 Å². The van der Waals surface area contributed by atoms with E-state index >= 15 is 0 Å². The van der Waals surface area contributed by atoms with E-state index in [1.165, 1.54) is 0 Å². The molecule has 1 aromatic carbocycles. The quantitative estimate of drug-likeness (QED) is 0.635. The van der Waals surface area contributed by atoms with Crippen LogP contribution in [0.25, 0.3) is 11.1 Å². The Morgan fingerprint density at radius 2 is 1.64 bits per heavy atom. The first-order chi connectivity index (χ1) is 6.77. The molecule has 0 saturated heterocycles. The van der Waals surface area contributed by atoms with Gasteiger partial charge in [-0.3, -0.25) is 0 Å². The summed E-state index contributed by atoms with van der Waals surface area (Å²) in [6.07, 6.45) is 0. The Kier molecular flexibility index (Phi) is 2.02. The van der Waals surface area contributed by atoms with Gasteiger partial charge in [-0.05, 0) is 5.56 Å². The third-order valence-electron chi connectivity index (χ3n) is 1.77. The highest BCUT2D eigenvalue weighted by molar-refractivity contribution is 5.60. The van der Waals surface area contributed by atoms with Gasteiger partial charge in [0.05, 0.1) is 5.56 Å². The number of hydrogen-bond acceptors (Lipinski definition) is 4. The highest BCUT2D eigenvalue weighted by Gasteiger charge is 2.05. The molecule has 0 saturated carbocycles. The van der Waals surface area contributed by atoms with Crippen LogP contribution in [0.5, 0.6) is 0 Å². The van der Waals surface area contributed by atoms with Crippen LogP contribution < -0.4 is 11.3 Å². The Labute approximate surface area is 78.3 Å². The second-order valence-corrected chi connectivity index (χ2v) is 2.70. The molecule has 4 nitrogen and oxygen atoms in total. The summed E-state index contributed by atoms with van der Waals surface area (Å²) in [5, 5.41) is 0. The van der Waals surface area contributed by atoms with E-state index in [1.807, 2.05) is 6.07 Å². The molecular formula is C10H6O4. The molecule has 14 heavy (non-hydrogen) atoms. The normalized spacial score (nSPS) is 10.0. The highest BCUT2D eigenvalue weighted by atomic mass is 17.0. The van der Waals surface area contributed by atoms with Crippen LogP contribution in [0.15, 0.2) is 55.1 Å². The summed E-state index contributed by atoms with van der Waals surface area (Å²) in [4.78, 5) is 22.0. The largest absolute Gasteiger partial charge is 0.387 e. The molecule has 4 heteroatoms. The lowest BCUT2D eigenvalue weighted by Gasteiger charge is -1.95. The molecule has 2 rings (SSSR count). The lowest BCUT2D eigenvalue weighted by atomic mass is 10.1. The van der Waals surface area contributed by atoms with Gasteiger partial charge in [-0.15, -0.1) is 0 Å². The fraction of sp³-hybridized carbons (Fsp3) is 0. The van der Waals surface area contributed by atoms with Crippen molar-refractivity contribution in [3.63, 3.8) is 0 Å². The fourth-order valence-corrected chi connectivity index (χ4v) is 1.14. The predicted molar refractivity (Wildman–Crippen MR) is 49.0 cm³/mol. The molecule has 0 aliphatic carbocycles. The van der Waals surface area contributed by atoms with Crippen LogP contribution >= 0.6 is 0 Å². The first kappa shape index (κ1) is 8.50. The van der Waals surface area contributed by atoms with Gasteiger partial charge in [0.1, 0.15) is 0 Å². The van der Waals surface area contributed by atoms with Crippen molar-refractivity contribution in [2.75, 3.05) is 0 Å². The van der Waals surface area contributed by atoms with Gasteiger partial charge in [-0.1, -0.05) is 30.3 Å². The fourth-order valence-electron chi connectivity index (χ4n) is 1.14. The molecule has 0 atom stereocenters. The summed E-state index contributed by atoms with van der Waals surface area (Å²) < 4.78 is 8.28. The third-order valence-corrected chi connectivity index (χ3v) is 1.77. The smallest absolute Gasteiger partial charge is 0.242 e. The van der Waals surface area contributed by atoms with E-state index in [1.54, 1.807) is 24.3 Å². The van der Waals surface area contributed by atoms with E-state index in [0.29, 0.717) is 5.56 Å². The molecule has 1 aromatic heterocycles. The van der Waals surface area contributed by atoms with Crippen molar-refractivity contribution in [2.45, 2.75) is 0 Å². The van der Waals surface area contributed by atoms with Gasteiger partial charge in [0.15, 0.2) is 0 Å². The van der Waals surface area contributed by atoms with Gasteiger partial charge in [0, 0.05) is 6.07 Å². The van der Waals surface area contributed by atoms with E-state index in [2.05, 4.69) is 9.15 Å². The Bertz CT molecular complexity index is 536. The lowest BCUT2D eigenvalue weighted by molar-refractivity contribution is 0.0176. The molecular weight excluding hydrogens is 184 g/mol. The predicted octanol–water partition coefficient (Wildman–Crippen LogP) is 1.26. The Morgan fingerprint density at radius 3 is 2.36 bits per heavy atom. The van der Waals surface area contributed by atoms with Crippen molar-refractivity contribution in [1.29, 1.82) is 0 Å². The van der Waals surface area contributed by atoms with Crippen LogP contribution in [0.2, 0.25) is 0 Å². The summed E-state index contributed by atoms with van der Waals surface area (Å²) in [5.41, 5.74) is -0.491. The average Bonchev–Trinajstić information content (AvgIpc) is 2.23. The van der Waals surface area contributed by atoms with Crippen LogP contribution in [0, 0.1) is 0 Å². The van der Waals surface area contributed by atoms with Crippen molar-refractivity contribution < 1.29 is 9.15 Å². The van der Waals surface area contributed by atoms with Crippen LogP contribution in [0.1, 0.15) is 0 Å². The van der Waals surface area contributed by atoms with Crippen molar-refractivity contribution in [3.8, 4) is 11.1 Å². The zero-order chi connectivity index (χ0) is 9.97. The highest BCUT2D eigenvalue weighted by Crippen LogP contribution is 2.11. The summed E-state index contributed by atoms with van der Waals surface area (Å²) >= 11 is 0. The minimum Gasteiger partial charge on any atom is -0.242 e. The number of rotatable bonds is 1. The second kappa shape index (κ2) is 3.33. The molecule has 0 aliphatic rings. The van der Waals surface area contributed by atoms with Gasteiger partial charge in [-0.2, -0.15) is 0 Å². The molecule has 0 bridgehead atoms. The lowest BCUT2D eigenvalue weighted by Crippen LogP contribution is -2.09. The maximum atomic E-state index is 11.2. The third kappa shape index (κ3) is 1.50. The van der Waals surface area contributed by atoms with Crippen LogP contribution in [0.4, 0.5) is 0 Å². The van der Waals surface area contributed by atoms with Crippen molar-refractivity contribution in [2.24, 2.45) is 0 Å². The van der Waals surface area contributed by atoms with Gasteiger partial charge < -0.3 is 0 Å². The van der Waals surface area contributed by atoms with E-state index in [4.69, 9.17) is 0 Å². The van der Waals surface area contributed by atoms with Gasteiger partial charge in [0.2, 0.25) is 0 Å². The Hall–Kier alpha value is -2.10. The summed E-state index contributed by atoms with van der Waals surface area (Å²) in [6, 6.07) is 9.89. The molecule has 0 amide bonds. The zero-order valence-electron chi connectivity index (χ0n) is 7.10. The SMILES string of the molecule is O=c1cc(-c2ccccc2)c(=O)oo1. The van der Waals surface area contributed by atoms with Crippen LogP contribution in [-0.4, -0.2) is 0 Å². The summed E-state index contributed by atoms with van der Waals surface area (Å²) in [5.74, 6) is 0. The topological polar surface area (TPSA) is 60.4 Å². The summed E-state index contributed by atoms with van der Waals surface area (Å²) in [7, 11) is 0. The maximum Gasteiger partial charge on any atom is 0.387 e. The molecule has 0 fully saturated rings. The van der Waals surface area contributed by atoms with Crippen molar-refractivity contribution in [1.82, 2.24) is 0 Å².